The lowest BCUT2D eigenvalue weighted by atomic mass is 10.0. The third-order valence-electron chi connectivity index (χ3n) is 2.25. The number of aliphatic hydroxyl groups is 1. The molecule has 1 aromatic rings. The smallest absolute Gasteiger partial charge is 0.336 e. The van der Waals surface area contributed by atoms with Crippen molar-refractivity contribution in [1.29, 1.82) is 0 Å². The largest absolute Gasteiger partial charge is 0.463 e. The summed E-state index contributed by atoms with van der Waals surface area (Å²) in [4.78, 5) is 14.1. The molecule has 6 heteroatoms. The average Bonchev–Trinajstić information content (AvgIpc) is 2.38. The molecule has 0 bridgehead atoms. The predicted molar refractivity (Wildman–Crippen MR) is 66.0 cm³/mol. The maximum atomic E-state index is 11.4. The van der Waals surface area contributed by atoms with Crippen LogP contribution in [0, 0.1) is 0 Å². The van der Waals surface area contributed by atoms with E-state index >= 15 is 0 Å². The molecule has 1 atom stereocenters. The van der Waals surface area contributed by atoms with Crippen LogP contribution >= 0.6 is 0 Å². The summed E-state index contributed by atoms with van der Waals surface area (Å²) in [5.74, 6) is -0.680. The Labute approximate surface area is 104 Å². The molecule has 1 N–H and O–H groups in total. The molecule has 1 unspecified atom stereocenters. The van der Waals surface area contributed by atoms with Gasteiger partial charge in [-0.2, -0.15) is 0 Å². The minimum absolute atomic E-state index is 0.0996. The number of azide groups is 1. The van der Waals surface area contributed by atoms with Crippen LogP contribution in [0.2, 0.25) is 0 Å². The third kappa shape index (κ3) is 3.10. The average molecular weight is 247 g/mol. The Hall–Kier alpha value is -2.30. The van der Waals surface area contributed by atoms with Gasteiger partial charge in [-0.05, 0) is 18.0 Å². The first-order valence-corrected chi connectivity index (χ1v) is 5.29. The second-order valence-electron chi connectivity index (χ2n) is 3.40. The van der Waals surface area contributed by atoms with Gasteiger partial charge in [0.05, 0.1) is 12.2 Å². The van der Waals surface area contributed by atoms with Crippen LogP contribution in [0.3, 0.4) is 0 Å². The fourth-order valence-electron chi connectivity index (χ4n) is 1.38. The number of benzene rings is 1. The Bertz CT molecular complexity index is 507. The van der Waals surface area contributed by atoms with Crippen LogP contribution in [-0.2, 0) is 9.53 Å². The Morgan fingerprint density at radius 3 is 2.89 bits per heavy atom. The van der Waals surface area contributed by atoms with Crippen LogP contribution in [0.1, 0.15) is 18.6 Å². The minimum atomic E-state index is -1.26. The van der Waals surface area contributed by atoms with Gasteiger partial charge in [-0.25, -0.2) is 4.79 Å². The van der Waals surface area contributed by atoms with Crippen LogP contribution < -0.4 is 0 Å². The third-order valence-corrected chi connectivity index (χ3v) is 2.25. The maximum absolute atomic E-state index is 11.4. The molecule has 1 aromatic carbocycles. The second-order valence-corrected chi connectivity index (χ2v) is 3.40. The molecule has 0 radical (unpaired) electrons. The van der Waals surface area contributed by atoms with Gasteiger partial charge in [0.2, 0.25) is 0 Å². The number of ether oxygens (including phenoxy) is 1. The van der Waals surface area contributed by atoms with Gasteiger partial charge >= 0.3 is 5.97 Å². The van der Waals surface area contributed by atoms with E-state index in [0.717, 1.165) is 0 Å². The second kappa shape index (κ2) is 6.44. The van der Waals surface area contributed by atoms with E-state index in [2.05, 4.69) is 16.6 Å². The summed E-state index contributed by atoms with van der Waals surface area (Å²) in [6.45, 7) is 5.35. The predicted octanol–water partition coefficient (Wildman–Crippen LogP) is 2.78. The van der Waals surface area contributed by atoms with Crippen LogP contribution in [0.25, 0.3) is 10.4 Å². The van der Waals surface area contributed by atoms with E-state index in [0.29, 0.717) is 5.56 Å². The standard InChI is InChI=1S/C12H13N3O3/c1-3-18-12(17)8(2)11(16)9-6-4-5-7-10(9)14-15-13/h4-7,11,16H,2-3H2,1H3. The van der Waals surface area contributed by atoms with Crippen molar-refractivity contribution in [2.24, 2.45) is 5.11 Å². The zero-order valence-corrected chi connectivity index (χ0v) is 9.91. The first kappa shape index (κ1) is 13.8. The highest BCUT2D eigenvalue weighted by atomic mass is 16.5. The number of hydrogen-bond donors (Lipinski definition) is 1. The number of esters is 1. The van der Waals surface area contributed by atoms with Gasteiger partial charge in [0.15, 0.2) is 0 Å². The molecule has 6 nitrogen and oxygen atoms in total. The maximum Gasteiger partial charge on any atom is 0.336 e. The fourth-order valence-corrected chi connectivity index (χ4v) is 1.38. The summed E-state index contributed by atoms with van der Waals surface area (Å²) >= 11 is 0. The molecular formula is C12H13N3O3. The van der Waals surface area contributed by atoms with Crippen molar-refractivity contribution in [2.45, 2.75) is 13.0 Å². The van der Waals surface area contributed by atoms with E-state index in [9.17, 15) is 9.90 Å². The number of carbonyl (C=O) groups excluding carboxylic acids is 1. The number of carbonyl (C=O) groups is 1. The number of nitrogens with zero attached hydrogens (tertiary/aromatic N) is 3. The molecule has 0 heterocycles. The molecule has 0 aliphatic heterocycles. The van der Waals surface area contributed by atoms with E-state index in [1.807, 2.05) is 0 Å². The lowest BCUT2D eigenvalue weighted by Crippen LogP contribution is -2.13. The SMILES string of the molecule is C=C(C(=O)OCC)C(O)c1ccccc1N=[N+]=[N-]. The van der Waals surface area contributed by atoms with Gasteiger partial charge < -0.3 is 9.84 Å². The van der Waals surface area contributed by atoms with Crippen molar-refractivity contribution in [3.8, 4) is 0 Å². The van der Waals surface area contributed by atoms with Gasteiger partial charge in [-0.3, -0.25) is 0 Å². The van der Waals surface area contributed by atoms with Gasteiger partial charge in [0, 0.05) is 10.6 Å². The number of aliphatic hydroxyl groups excluding tert-OH is 1. The van der Waals surface area contributed by atoms with Crippen LogP contribution in [0.5, 0.6) is 0 Å². The quantitative estimate of drug-likeness (QED) is 0.285. The molecular weight excluding hydrogens is 234 g/mol. The topological polar surface area (TPSA) is 95.3 Å². The first-order valence-electron chi connectivity index (χ1n) is 5.29. The normalized spacial score (nSPS) is 11.2. The zero-order chi connectivity index (χ0) is 13.5. The fraction of sp³-hybridized carbons (Fsp3) is 0.250. The molecule has 0 aromatic heterocycles. The van der Waals surface area contributed by atoms with Crippen LogP contribution in [0.4, 0.5) is 5.69 Å². The summed E-state index contributed by atoms with van der Waals surface area (Å²) in [5.41, 5.74) is 8.88. The van der Waals surface area contributed by atoms with E-state index in [4.69, 9.17) is 10.3 Å². The zero-order valence-electron chi connectivity index (χ0n) is 9.91. The van der Waals surface area contributed by atoms with Crippen molar-refractivity contribution < 1.29 is 14.6 Å². The van der Waals surface area contributed by atoms with E-state index < -0.39 is 12.1 Å². The molecule has 1 rings (SSSR count). The number of hydrogen-bond acceptors (Lipinski definition) is 4. The minimum Gasteiger partial charge on any atom is -0.463 e. The van der Waals surface area contributed by atoms with E-state index in [1.54, 1.807) is 25.1 Å². The first-order chi connectivity index (χ1) is 8.61. The molecule has 18 heavy (non-hydrogen) atoms. The van der Waals surface area contributed by atoms with Gasteiger partial charge in [0.25, 0.3) is 0 Å². The lowest BCUT2D eigenvalue weighted by Gasteiger charge is -2.14. The van der Waals surface area contributed by atoms with Gasteiger partial charge in [0.1, 0.15) is 6.10 Å². The molecule has 94 valence electrons. The Balaban J connectivity index is 3.03. The summed E-state index contributed by atoms with van der Waals surface area (Å²) in [5, 5.41) is 13.5. The molecule has 0 amide bonds. The summed E-state index contributed by atoms with van der Waals surface area (Å²) in [7, 11) is 0. The van der Waals surface area contributed by atoms with Crippen molar-refractivity contribution in [1.82, 2.24) is 0 Å². The Morgan fingerprint density at radius 1 is 1.61 bits per heavy atom. The summed E-state index contributed by atoms with van der Waals surface area (Å²) in [6.07, 6.45) is -1.26. The monoisotopic (exact) mass is 247 g/mol. The van der Waals surface area contributed by atoms with Gasteiger partial charge in [-0.15, -0.1) is 0 Å². The molecule has 0 aliphatic rings. The molecule has 0 saturated heterocycles. The highest BCUT2D eigenvalue weighted by Crippen LogP contribution is 2.29. The van der Waals surface area contributed by atoms with Crippen molar-refractivity contribution in [3.05, 3.63) is 52.4 Å². The highest BCUT2D eigenvalue weighted by molar-refractivity contribution is 5.89. The van der Waals surface area contributed by atoms with Crippen molar-refractivity contribution >= 4 is 11.7 Å². The summed E-state index contributed by atoms with van der Waals surface area (Å²) in [6, 6.07) is 6.41. The van der Waals surface area contributed by atoms with Crippen molar-refractivity contribution in [3.63, 3.8) is 0 Å². The molecule has 0 fully saturated rings. The van der Waals surface area contributed by atoms with E-state index in [-0.39, 0.29) is 17.9 Å². The van der Waals surface area contributed by atoms with Crippen LogP contribution in [0.15, 0.2) is 41.5 Å². The molecule has 0 spiro atoms. The number of rotatable bonds is 5. The Morgan fingerprint density at radius 2 is 2.28 bits per heavy atom. The highest BCUT2D eigenvalue weighted by Gasteiger charge is 2.21. The van der Waals surface area contributed by atoms with Crippen LogP contribution in [-0.4, -0.2) is 17.7 Å². The summed E-state index contributed by atoms with van der Waals surface area (Å²) < 4.78 is 4.74. The molecule has 0 saturated carbocycles. The molecule has 0 aliphatic carbocycles. The van der Waals surface area contributed by atoms with Crippen molar-refractivity contribution in [2.75, 3.05) is 6.61 Å². The van der Waals surface area contributed by atoms with Gasteiger partial charge in [-0.1, -0.05) is 36.0 Å². The lowest BCUT2D eigenvalue weighted by molar-refractivity contribution is -0.139. The van der Waals surface area contributed by atoms with E-state index in [1.165, 1.54) is 6.07 Å². The Kier molecular flexibility index (Phi) is 4.92.